The lowest BCUT2D eigenvalue weighted by Crippen LogP contribution is -1.98. The highest BCUT2D eigenvalue weighted by molar-refractivity contribution is 5.63. The summed E-state index contributed by atoms with van der Waals surface area (Å²) in [7, 11) is 0. The first-order chi connectivity index (χ1) is 8.72. The van der Waals surface area contributed by atoms with Crippen molar-refractivity contribution in [3.05, 3.63) is 41.6 Å². The Kier molecular flexibility index (Phi) is 2.55. The zero-order valence-corrected chi connectivity index (χ0v) is 10.2. The van der Waals surface area contributed by atoms with E-state index < -0.39 is 0 Å². The third-order valence-electron chi connectivity index (χ3n) is 3.05. The van der Waals surface area contributed by atoms with Crippen molar-refractivity contribution in [2.75, 3.05) is 17.7 Å². The Labute approximate surface area is 106 Å². The summed E-state index contributed by atoms with van der Waals surface area (Å²) in [4.78, 5) is 4.30. The summed E-state index contributed by atoms with van der Waals surface area (Å²) in [6.45, 7) is 2.76. The van der Waals surface area contributed by atoms with E-state index in [9.17, 15) is 0 Å². The summed E-state index contributed by atoms with van der Waals surface area (Å²) in [5.41, 5.74) is 9.67. The molecule has 2 heterocycles. The van der Waals surface area contributed by atoms with Crippen LogP contribution in [0, 0.1) is 6.92 Å². The van der Waals surface area contributed by atoms with Crippen molar-refractivity contribution >= 4 is 17.2 Å². The predicted octanol–water partition coefficient (Wildman–Crippen LogP) is 2.65. The summed E-state index contributed by atoms with van der Waals surface area (Å²) in [6.07, 6.45) is 2.63. The van der Waals surface area contributed by atoms with E-state index in [0.717, 1.165) is 35.8 Å². The fraction of sp³-hybridized carbons (Fsp3) is 0.214. The van der Waals surface area contributed by atoms with Crippen LogP contribution in [-0.4, -0.2) is 11.6 Å². The van der Waals surface area contributed by atoms with Crippen molar-refractivity contribution < 1.29 is 4.74 Å². The summed E-state index contributed by atoms with van der Waals surface area (Å²) in [5.74, 6) is 1.82. The topological polar surface area (TPSA) is 60.2 Å². The molecule has 4 heteroatoms. The Bertz CT molecular complexity index is 596. The van der Waals surface area contributed by atoms with Crippen LogP contribution in [0.2, 0.25) is 0 Å². The largest absolute Gasteiger partial charge is 0.493 e. The molecule has 4 nitrogen and oxygen atoms in total. The number of hydrogen-bond donors (Lipinski definition) is 2. The van der Waals surface area contributed by atoms with Crippen molar-refractivity contribution in [1.29, 1.82) is 0 Å². The van der Waals surface area contributed by atoms with Gasteiger partial charge in [0.2, 0.25) is 0 Å². The zero-order valence-electron chi connectivity index (χ0n) is 10.2. The normalized spacial score (nSPS) is 12.9. The number of benzene rings is 1. The van der Waals surface area contributed by atoms with E-state index in [1.54, 1.807) is 6.20 Å². The van der Waals surface area contributed by atoms with E-state index in [-0.39, 0.29) is 0 Å². The van der Waals surface area contributed by atoms with Gasteiger partial charge in [0.25, 0.3) is 0 Å². The first-order valence-corrected chi connectivity index (χ1v) is 5.97. The van der Waals surface area contributed by atoms with E-state index in [0.29, 0.717) is 5.69 Å². The van der Waals surface area contributed by atoms with Crippen molar-refractivity contribution in [1.82, 2.24) is 4.98 Å². The molecule has 3 N–H and O–H groups in total. The van der Waals surface area contributed by atoms with Crippen LogP contribution < -0.4 is 15.8 Å². The SMILES string of the molecule is Cc1cc(N)cnc1Nc1ccc2c(c1)CCO2. The van der Waals surface area contributed by atoms with Crippen molar-refractivity contribution in [3.8, 4) is 5.75 Å². The van der Waals surface area contributed by atoms with Crippen LogP contribution in [0.3, 0.4) is 0 Å². The van der Waals surface area contributed by atoms with Gasteiger partial charge in [-0.2, -0.15) is 0 Å². The maximum Gasteiger partial charge on any atom is 0.133 e. The number of ether oxygens (including phenoxy) is 1. The quantitative estimate of drug-likeness (QED) is 0.848. The minimum atomic E-state index is 0.681. The molecule has 2 aromatic rings. The molecule has 1 aliphatic heterocycles. The Morgan fingerprint density at radius 3 is 3.06 bits per heavy atom. The number of nitrogens with one attached hydrogen (secondary N) is 1. The molecule has 18 heavy (non-hydrogen) atoms. The van der Waals surface area contributed by atoms with Crippen LogP contribution in [-0.2, 0) is 6.42 Å². The lowest BCUT2D eigenvalue weighted by Gasteiger charge is -2.10. The Hall–Kier alpha value is -2.23. The van der Waals surface area contributed by atoms with Gasteiger partial charge in [-0.15, -0.1) is 0 Å². The van der Waals surface area contributed by atoms with Gasteiger partial charge in [-0.3, -0.25) is 0 Å². The molecule has 1 aromatic heterocycles. The molecule has 0 fully saturated rings. The fourth-order valence-corrected chi connectivity index (χ4v) is 2.13. The second kappa shape index (κ2) is 4.22. The first-order valence-electron chi connectivity index (χ1n) is 5.97. The van der Waals surface area contributed by atoms with Gasteiger partial charge in [0.15, 0.2) is 0 Å². The summed E-state index contributed by atoms with van der Waals surface area (Å²) < 4.78 is 5.48. The van der Waals surface area contributed by atoms with Gasteiger partial charge in [0.1, 0.15) is 11.6 Å². The van der Waals surface area contributed by atoms with Gasteiger partial charge in [0.05, 0.1) is 18.5 Å². The number of aryl methyl sites for hydroxylation is 1. The fourth-order valence-electron chi connectivity index (χ4n) is 2.13. The van der Waals surface area contributed by atoms with Gasteiger partial charge >= 0.3 is 0 Å². The summed E-state index contributed by atoms with van der Waals surface area (Å²) in [6, 6.07) is 8.02. The minimum Gasteiger partial charge on any atom is -0.493 e. The van der Waals surface area contributed by atoms with Crippen LogP contribution >= 0.6 is 0 Å². The third-order valence-corrected chi connectivity index (χ3v) is 3.05. The predicted molar refractivity (Wildman–Crippen MR) is 72.3 cm³/mol. The molecule has 0 radical (unpaired) electrons. The van der Waals surface area contributed by atoms with Crippen molar-refractivity contribution in [2.45, 2.75) is 13.3 Å². The lowest BCUT2D eigenvalue weighted by molar-refractivity contribution is 0.357. The number of nitrogens with two attached hydrogens (primary N) is 1. The van der Waals surface area contributed by atoms with E-state index in [2.05, 4.69) is 16.4 Å². The Morgan fingerprint density at radius 2 is 2.22 bits per heavy atom. The molecule has 1 aromatic carbocycles. The van der Waals surface area contributed by atoms with E-state index in [4.69, 9.17) is 10.5 Å². The molecule has 1 aliphatic rings. The standard InChI is InChI=1S/C14H15N3O/c1-9-6-11(15)8-16-14(9)17-12-2-3-13-10(7-12)4-5-18-13/h2-3,6-8H,4-5,15H2,1H3,(H,16,17). The summed E-state index contributed by atoms with van der Waals surface area (Å²) in [5, 5.41) is 3.31. The van der Waals surface area contributed by atoms with E-state index >= 15 is 0 Å². The van der Waals surface area contributed by atoms with Gasteiger partial charge in [0, 0.05) is 12.1 Å². The molecule has 0 atom stereocenters. The first kappa shape index (κ1) is 10.9. The van der Waals surface area contributed by atoms with Gasteiger partial charge in [-0.1, -0.05) is 0 Å². The van der Waals surface area contributed by atoms with E-state index in [1.807, 2.05) is 25.1 Å². The molecule has 0 unspecified atom stereocenters. The molecule has 92 valence electrons. The third kappa shape index (κ3) is 1.97. The van der Waals surface area contributed by atoms with E-state index in [1.165, 1.54) is 5.56 Å². The maximum atomic E-state index is 5.69. The van der Waals surface area contributed by atoms with Crippen LogP contribution in [0.5, 0.6) is 5.75 Å². The number of nitrogens with zero attached hydrogens (tertiary/aromatic N) is 1. The number of nitrogen functional groups attached to an aromatic ring is 1. The smallest absolute Gasteiger partial charge is 0.133 e. The molecule has 0 bridgehead atoms. The lowest BCUT2D eigenvalue weighted by atomic mass is 10.1. The molecule has 0 saturated heterocycles. The molecule has 0 amide bonds. The highest BCUT2D eigenvalue weighted by atomic mass is 16.5. The highest BCUT2D eigenvalue weighted by Gasteiger charge is 2.12. The maximum absolute atomic E-state index is 5.69. The average molecular weight is 241 g/mol. The second-order valence-corrected chi connectivity index (χ2v) is 4.48. The number of rotatable bonds is 2. The Balaban J connectivity index is 1.88. The molecular weight excluding hydrogens is 226 g/mol. The van der Waals surface area contributed by atoms with Crippen LogP contribution in [0.4, 0.5) is 17.2 Å². The highest BCUT2D eigenvalue weighted by Crippen LogP contribution is 2.29. The van der Waals surface area contributed by atoms with Crippen molar-refractivity contribution in [2.24, 2.45) is 0 Å². The molecule has 0 saturated carbocycles. The van der Waals surface area contributed by atoms with Gasteiger partial charge < -0.3 is 15.8 Å². The van der Waals surface area contributed by atoms with Gasteiger partial charge in [-0.05, 0) is 42.3 Å². The monoisotopic (exact) mass is 241 g/mol. The molecule has 3 rings (SSSR count). The number of fused-ring (bicyclic) bond motifs is 1. The number of hydrogen-bond acceptors (Lipinski definition) is 4. The van der Waals surface area contributed by atoms with Crippen LogP contribution in [0.15, 0.2) is 30.5 Å². The van der Waals surface area contributed by atoms with Crippen molar-refractivity contribution in [3.63, 3.8) is 0 Å². The zero-order chi connectivity index (χ0) is 12.5. The molecular formula is C14H15N3O. The average Bonchev–Trinajstić information content (AvgIpc) is 2.80. The summed E-state index contributed by atoms with van der Waals surface area (Å²) >= 11 is 0. The number of anilines is 3. The molecule has 0 aliphatic carbocycles. The van der Waals surface area contributed by atoms with Gasteiger partial charge in [-0.25, -0.2) is 4.98 Å². The van der Waals surface area contributed by atoms with Crippen LogP contribution in [0.1, 0.15) is 11.1 Å². The minimum absolute atomic E-state index is 0.681. The second-order valence-electron chi connectivity index (χ2n) is 4.48. The number of aromatic nitrogens is 1. The number of pyridine rings is 1. The van der Waals surface area contributed by atoms with Crippen LogP contribution in [0.25, 0.3) is 0 Å². The molecule has 0 spiro atoms. The Morgan fingerprint density at radius 1 is 1.33 bits per heavy atom.